The topological polar surface area (TPSA) is 22.0 Å². The van der Waals surface area contributed by atoms with Gasteiger partial charge in [0.2, 0.25) is 5.78 Å². The molecule has 2 aromatic rings. The lowest BCUT2D eigenvalue weighted by molar-refractivity contribution is 0.102. The molecule has 0 aliphatic carbocycles. The average molecular weight is 336 g/mol. The van der Waals surface area contributed by atoms with Crippen molar-refractivity contribution in [1.29, 1.82) is 0 Å². The molecule has 124 valence electrons. The number of carbonyl (C=O) groups excluding carboxylic acids is 1. The fourth-order valence-electron chi connectivity index (χ4n) is 3.29. The highest BCUT2D eigenvalue weighted by Crippen LogP contribution is 2.37. The summed E-state index contributed by atoms with van der Waals surface area (Å²) in [5.41, 5.74) is 7.21. The molecule has 0 spiro atoms. The van der Waals surface area contributed by atoms with Crippen molar-refractivity contribution in [3.63, 3.8) is 0 Å². The van der Waals surface area contributed by atoms with Crippen LogP contribution in [0.4, 0.5) is 0 Å². The number of hydrogen-bond acceptors (Lipinski definition) is 1. The fourth-order valence-corrected chi connectivity index (χ4v) is 3.80. The molecule has 1 aliphatic heterocycles. The first-order chi connectivity index (χ1) is 11.2. The van der Waals surface area contributed by atoms with E-state index in [-0.39, 0.29) is 11.3 Å². The minimum absolute atomic E-state index is 0.0335. The normalized spacial score (nSPS) is 15.5. The summed E-state index contributed by atoms with van der Waals surface area (Å²) in [7, 11) is -1.45. The molecule has 0 saturated heterocycles. The quantitative estimate of drug-likeness (QED) is 0.445. The molecule has 0 bridgehead atoms. The lowest BCUT2D eigenvalue weighted by atomic mass is 9.99. The zero-order valence-electron chi connectivity index (χ0n) is 15.2. The van der Waals surface area contributed by atoms with Gasteiger partial charge in [0.25, 0.3) is 0 Å². The van der Waals surface area contributed by atoms with Gasteiger partial charge in [0.05, 0.1) is 5.69 Å². The van der Waals surface area contributed by atoms with Crippen LogP contribution in [0, 0.1) is 11.5 Å². The molecule has 3 rings (SSSR count). The fraction of sp³-hybridized carbons (Fsp3) is 0.381. The third-order valence-electron chi connectivity index (χ3n) is 4.52. The lowest BCUT2D eigenvalue weighted by Gasteiger charge is -2.23. The molecule has 0 saturated carbocycles. The molecule has 0 N–H and O–H groups in total. The molecular weight excluding hydrogens is 310 g/mol. The highest BCUT2D eigenvalue weighted by molar-refractivity contribution is 6.83. The van der Waals surface area contributed by atoms with Crippen LogP contribution < -0.4 is 0 Å². The second kappa shape index (κ2) is 5.79. The lowest BCUT2D eigenvalue weighted by Crippen LogP contribution is -2.25. The van der Waals surface area contributed by atoms with Gasteiger partial charge in [-0.25, -0.2) is 0 Å². The van der Waals surface area contributed by atoms with Crippen LogP contribution in [0.2, 0.25) is 19.6 Å². The molecule has 0 atom stereocenters. The molecule has 0 amide bonds. The maximum atomic E-state index is 13.0. The molecule has 0 fully saturated rings. The molecule has 0 radical (unpaired) electrons. The van der Waals surface area contributed by atoms with Gasteiger partial charge in [-0.05, 0) is 32.8 Å². The van der Waals surface area contributed by atoms with Crippen molar-refractivity contribution in [3.05, 3.63) is 58.9 Å². The van der Waals surface area contributed by atoms with Gasteiger partial charge in [0.1, 0.15) is 8.07 Å². The van der Waals surface area contributed by atoms with Crippen LogP contribution in [0.25, 0.3) is 0 Å². The van der Waals surface area contributed by atoms with Gasteiger partial charge in [-0.2, -0.15) is 0 Å². The Bertz CT molecular complexity index is 842. The van der Waals surface area contributed by atoms with E-state index in [1.165, 1.54) is 5.69 Å². The predicted molar refractivity (Wildman–Crippen MR) is 102 cm³/mol. The molecule has 1 aromatic carbocycles. The van der Waals surface area contributed by atoms with Crippen molar-refractivity contribution >= 4 is 13.9 Å². The summed E-state index contributed by atoms with van der Waals surface area (Å²) in [6.07, 6.45) is 2.05. The van der Waals surface area contributed by atoms with Gasteiger partial charge in [0, 0.05) is 22.4 Å². The first kappa shape index (κ1) is 16.8. The second-order valence-electron chi connectivity index (χ2n) is 8.23. The summed E-state index contributed by atoms with van der Waals surface area (Å²) in [6, 6.07) is 11.6. The average Bonchev–Trinajstić information content (AvgIpc) is 3.04. The molecule has 2 nitrogen and oxygen atoms in total. The standard InChI is InChI=1S/C21H25NOSi/c1-21(2)13-11-18-17(12-14-24(3,4)5)15-19(22(18)21)20(23)16-9-7-6-8-10-16/h6-10,15H,11,13H2,1-5H3. The molecule has 1 aliphatic rings. The van der Waals surface area contributed by atoms with Gasteiger partial charge in [-0.1, -0.05) is 55.9 Å². The largest absolute Gasteiger partial charge is 0.335 e. The summed E-state index contributed by atoms with van der Waals surface area (Å²) in [5.74, 6) is 3.48. The van der Waals surface area contributed by atoms with Crippen LogP contribution in [0.5, 0.6) is 0 Å². The molecule has 24 heavy (non-hydrogen) atoms. The zero-order chi connectivity index (χ0) is 17.5. The summed E-state index contributed by atoms with van der Waals surface area (Å²) in [5, 5.41) is 0. The smallest absolute Gasteiger partial charge is 0.209 e. The molecule has 2 heterocycles. The maximum Gasteiger partial charge on any atom is 0.209 e. The predicted octanol–water partition coefficient (Wildman–Crippen LogP) is 4.63. The first-order valence-electron chi connectivity index (χ1n) is 8.57. The van der Waals surface area contributed by atoms with Crippen molar-refractivity contribution in [2.24, 2.45) is 0 Å². The Hall–Kier alpha value is -2.05. The Kier molecular flexibility index (Phi) is 4.05. The Balaban J connectivity index is 2.14. The van der Waals surface area contributed by atoms with Crippen LogP contribution in [0.15, 0.2) is 36.4 Å². The van der Waals surface area contributed by atoms with E-state index in [2.05, 4.69) is 49.5 Å². The molecule has 1 aromatic heterocycles. The number of rotatable bonds is 2. The van der Waals surface area contributed by atoms with E-state index in [1.807, 2.05) is 36.4 Å². The van der Waals surface area contributed by atoms with Crippen molar-refractivity contribution in [3.8, 4) is 11.5 Å². The van der Waals surface area contributed by atoms with Crippen LogP contribution in [-0.2, 0) is 12.0 Å². The number of fused-ring (bicyclic) bond motifs is 1. The van der Waals surface area contributed by atoms with Gasteiger partial charge < -0.3 is 4.57 Å². The van der Waals surface area contributed by atoms with Gasteiger partial charge in [-0.15, -0.1) is 5.54 Å². The van der Waals surface area contributed by atoms with Crippen molar-refractivity contribution in [2.75, 3.05) is 0 Å². The number of aromatic nitrogens is 1. The Morgan fingerprint density at radius 2 is 1.83 bits per heavy atom. The summed E-state index contributed by atoms with van der Waals surface area (Å²) in [6.45, 7) is 11.2. The zero-order valence-corrected chi connectivity index (χ0v) is 16.2. The van der Waals surface area contributed by atoms with E-state index >= 15 is 0 Å². The van der Waals surface area contributed by atoms with Gasteiger partial charge in [-0.3, -0.25) is 4.79 Å². The highest BCUT2D eigenvalue weighted by Gasteiger charge is 2.35. The molecule has 0 unspecified atom stereocenters. The van der Waals surface area contributed by atoms with Crippen LogP contribution in [0.1, 0.15) is 47.6 Å². The van der Waals surface area contributed by atoms with Crippen molar-refractivity contribution in [1.82, 2.24) is 4.57 Å². The molecule has 3 heteroatoms. The maximum absolute atomic E-state index is 13.0. The summed E-state index contributed by atoms with van der Waals surface area (Å²) in [4.78, 5) is 13.0. The van der Waals surface area contributed by atoms with E-state index in [4.69, 9.17) is 0 Å². The van der Waals surface area contributed by atoms with E-state index in [9.17, 15) is 4.79 Å². The number of hydrogen-bond donors (Lipinski definition) is 0. The van der Waals surface area contributed by atoms with Crippen LogP contribution in [0.3, 0.4) is 0 Å². The minimum Gasteiger partial charge on any atom is -0.335 e. The van der Waals surface area contributed by atoms with Crippen molar-refractivity contribution < 1.29 is 4.79 Å². The first-order valence-corrected chi connectivity index (χ1v) is 12.1. The van der Waals surface area contributed by atoms with Crippen LogP contribution >= 0.6 is 0 Å². The number of ketones is 1. The third kappa shape index (κ3) is 3.11. The number of nitrogens with zero attached hydrogens (tertiary/aromatic N) is 1. The third-order valence-corrected chi connectivity index (χ3v) is 5.40. The summed E-state index contributed by atoms with van der Waals surface area (Å²) < 4.78 is 2.23. The van der Waals surface area contributed by atoms with E-state index in [0.717, 1.165) is 29.7 Å². The summed E-state index contributed by atoms with van der Waals surface area (Å²) >= 11 is 0. The molecular formula is C21H25NOSi. The van der Waals surface area contributed by atoms with E-state index in [0.29, 0.717) is 0 Å². The monoisotopic (exact) mass is 335 g/mol. The Morgan fingerprint density at radius 1 is 1.17 bits per heavy atom. The van der Waals surface area contributed by atoms with E-state index < -0.39 is 8.07 Å². The van der Waals surface area contributed by atoms with Gasteiger partial charge in [0.15, 0.2) is 0 Å². The Morgan fingerprint density at radius 3 is 2.46 bits per heavy atom. The Labute approximate surface area is 145 Å². The number of benzene rings is 1. The van der Waals surface area contributed by atoms with Crippen LogP contribution in [-0.4, -0.2) is 18.4 Å². The second-order valence-corrected chi connectivity index (χ2v) is 13.0. The van der Waals surface area contributed by atoms with Gasteiger partial charge >= 0.3 is 0 Å². The SMILES string of the molecule is CC1(C)CCc2c(C#C[Si](C)(C)C)cc(C(=O)c3ccccc3)n21. The number of carbonyl (C=O) groups is 1. The minimum atomic E-state index is -1.45. The highest BCUT2D eigenvalue weighted by atomic mass is 28.3. The van der Waals surface area contributed by atoms with Crippen molar-refractivity contribution in [2.45, 2.75) is 51.9 Å². The van der Waals surface area contributed by atoms with E-state index in [1.54, 1.807) is 0 Å².